The Hall–Kier alpha value is -2.15. The number of aromatic nitrogens is 2. The summed E-state index contributed by atoms with van der Waals surface area (Å²) in [7, 11) is 1.53. The maximum absolute atomic E-state index is 10.9. The molecule has 0 aliphatic rings. The van der Waals surface area contributed by atoms with Gasteiger partial charge >= 0.3 is 5.97 Å². The molecule has 0 aliphatic heterocycles. The van der Waals surface area contributed by atoms with E-state index in [4.69, 9.17) is 9.84 Å². The standard InChI is InChI=1S/C13H12BrN3O3/c1-7-5-11(20-2)17-13(15-7)16-10-4-3-8(12(18)19)6-9(10)14/h3-6H,1-2H3,(H,18,19)(H,15,16,17). The van der Waals surface area contributed by atoms with Gasteiger partial charge < -0.3 is 15.2 Å². The van der Waals surface area contributed by atoms with E-state index in [1.165, 1.54) is 19.2 Å². The lowest BCUT2D eigenvalue weighted by Gasteiger charge is -2.09. The van der Waals surface area contributed by atoms with E-state index in [1.54, 1.807) is 12.1 Å². The molecule has 7 heteroatoms. The summed E-state index contributed by atoms with van der Waals surface area (Å²) in [5.74, 6) is -0.144. The Morgan fingerprint density at radius 1 is 1.35 bits per heavy atom. The van der Waals surface area contributed by atoms with Crippen LogP contribution >= 0.6 is 15.9 Å². The number of nitrogens with one attached hydrogen (secondary N) is 1. The Kier molecular flexibility index (Phi) is 4.19. The zero-order valence-electron chi connectivity index (χ0n) is 10.8. The van der Waals surface area contributed by atoms with E-state index in [0.717, 1.165) is 5.69 Å². The van der Waals surface area contributed by atoms with Crippen LogP contribution in [0.5, 0.6) is 5.88 Å². The molecule has 1 heterocycles. The number of carboxylic acids is 1. The molecule has 0 amide bonds. The highest BCUT2D eigenvalue weighted by molar-refractivity contribution is 9.10. The highest BCUT2D eigenvalue weighted by Crippen LogP contribution is 2.26. The largest absolute Gasteiger partial charge is 0.481 e. The second kappa shape index (κ2) is 5.87. The van der Waals surface area contributed by atoms with E-state index in [2.05, 4.69) is 31.2 Å². The van der Waals surface area contributed by atoms with E-state index in [0.29, 0.717) is 22.0 Å². The van der Waals surface area contributed by atoms with Gasteiger partial charge in [0.2, 0.25) is 11.8 Å². The first kappa shape index (κ1) is 14.3. The molecular formula is C13H12BrN3O3. The van der Waals surface area contributed by atoms with Gasteiger partial charge in [0.1, 0.15) is 0 Å². The fourth-order valence-corrected chi connectivity index (χ4v) is 2.05. The predicted molar refractivity (Wildman–Crippen MR) is 77.7 cm³/mol. The van der Waals surface area contributed by atoms with Crippen LogP contribution in [0.1, 0.15) is 16.1 Å². The minimum Gasteiger partial charge on any atom is -0.481 e. The van der Waals surface area contributed by atoms with Crippen LogP contribution in [0.25, 0.3) is 0 Å². The van der Waals surface area contributed by atoms with E-state index in [9.17, 15) is 4.79 Å². The molecule has 104 valence electrons. The first-order valence-corrected chi connectivity index (χ1v) is 6.48. The normalized spacial score (nSPS) is 10.2. The third-order valence-corrected chi connectivity index (χ3v) is 3.16. The summed E-state index contributed by atoms with van der Waals surface area (Å²) < 4.78 is 5.69. The van der Waals surface area contributed by atoms with Crippen molar-refractivity contribution >= 4 is 33.5 Å². The van der Waals surface area contributed by atoms with Crippen molar-refractivity contribution in [3.63, 3.8) is 0 Å². The molecule has 0 saturated heterocycles. The summed E-state index contributed by atoms with van der Waals surface area (Å²) in [6.07, 6.45) is 0. The van der Waals surface area contributed by atoms with Gasteiger partial charge in [-0.1, -0.05) is 0 Å². The molecule has 2 N–H and O–H groups in total. The maximum Gasteiger partial charge on any atom is 0.335 e. The van der Waals surface area contributed by atoms with Crippen LogP contribution in [-0.2, 0) is 0 Å². The van der Waals surface area contributed by atoms with Gasteiger partial charge in [-0.15, -0.1) is 0 Å². The van der Waals surface area contributed by atoms with Crippen LogP contribution in [0.15, 0.2) is 28.7 Å². The molecule has 1 aromatic heterocycles. The number of hydrogen-bond donors (Lipinski definition) is 2. The molecule has 2 rings (SSSR count). The Morgan fingerprint density at radius 3 is 2.70 bits per heavy atom. The summed E-state index contributed by atoms with van der Waals surface area (Å²) in [5.41, 5.74) is 1.63. The topological polar surface area (TPSA) is 84.3 Å². The zero-order chi connectivity index (χ0) is 14.7. The minimum atomic E-state index is -0.981. The molecule has 0 aliphatic carbocycles. The number of aromatic carboxylic acids is 1. The molecule has 2 aromatic rings. The van der Waals surface area contributed by atoms with E-state index < -0.39 is 5.97 Å². The van der Waals surface area contributed by atoms with Gasteiger partial charge in [0.25, 0.3) is 0 Å². The van der Waals surface area contributed by atoms with Crippen LogP contribution in [-0.4, -0.2) is 28.2 Å². The quantitative estimate of drug-likeness (QED) is 0.892. The van der Waals surface area contributed by atoms with Crippen LogP contribution in [0.3, 0.4) is 0 Å². The number of nitrogens with zero attached hydrogens (tertiary/aromatic N) is 2. The van der Waals surface area contributed by atoms with Crippen molar-refractivity contribution in [3.8, 4) is 5.88 Å². The van der Waals surface area contributed by atoms with Gasteiger partial charge in [0.15, 0.2) is 0 Å². The molecule has 0 atom stereocenters. The highest BCUT2D eigenvalue weighted by Gasteiger charge is 2.09. The van der Waals surface area contributed by atoms with Crippen LogP contribution < -0.4 is 10.1 Å². The first-order valence-electron chi connectivity index (χ1n) is 5.69. The smallest absolute Gasteiger partial charge is 0.335 e. The van der Waals surface area contributed by atoms with Crippen molar-refractivity contribution in [1.29, 1.82) is 0 Å². The number of aryl methyl sites for hydroxylation is 1. The average molecular weight is 338 g/mol. The third kappa shape index (κ3) is 3.24. The van der Waals surface area contributed by atoms with Crippen LogP contribution in [0.2, 0.25) is 0 Å². The van der Waals surface area contributed by atoms with E-state index in [-0.39, 0.29) is 5.56 Å². The summed E-state index contributed by atoms with van der Waals surface area (Å²) in [6, 6.07) is 6.37. The van der Waals surface area contributed by atoms with E-state index in [1.807, 2.05) is 6.92 Å². The molecule has 0 spiro atoms. The average Bonchev–Trinajstić information content (AvgIpc) is 2.40. The Bertz CT molecular complexity index is 661. The summed E-state index contributed by atoms with van der Waals surface area (Å²) in [6.45, 7) is 1.83. The summed E-state index contributed by atoms with van der Waals surface area (Å²) in [4.78, 5) is 19.3. The molecular weight excluding hydrogens is 326 g/mol. The first-order chi connectivity index (χ1) is 9.49. The lowest BCUT2D eigenvalue weighted by Crippen LogP contribution is -2.02. The number of anilines is 2. The molecule has 0 unspecified atom stereocenters. The SMILES string of the molecule is COc1cc(C)nc(Nc2ccc(C(=O)O)cc2Br)n1. The lowest BCUT2D eigenvalue weighted by molar-refractivity contribution is 0.0697. The van der Waals surface area contributed by atoms with Gasteiger partial charge in [0.05, 0.1) is 18.4 Å². The van der Waals surface area contributed by atoms with Crippen molar-refractivity contribution in [2.24, 2.45) is 0 Å². The Labute approximate surface area is 124 Å². The van der Waals surface area contributed by atoms with Crippen molar-refractivity contribution in [3.05, 3.63) is 40.0 Å². The minimum absolute atomic E-state index is 0.199. The highest BCUT2D eigenvalue weighted by atomic mass is 79.9. The molecule has 1 aromatic carbocycles. The second-order valence-corrected chi connectivity index (χ2v) is 4.85. The van der Waals surface area contributed by atoms with Crippen molar-refractivity contribution < 1.29 is 14.6 Å². The Balaban J connectivity index is 2.30. The van der Waals surface area contributed by atoms with Gasteiger partial charge in [-0.2, -0.15) is 4.98 Å². The number of hydrogen-bond acceptors (Lipinski definition) is 5. The van der Waals surface area contributed by atoms with Gasteiger partial charge in [0, 0.05) is 16.2 Å². The third-order valence-electron chi connectivity index (χ3n) is 2.50. The fraction of sp³-hybridized carbons (Fsp3) is 0.154. The Morgan fingerprint density at radius 2 is 2.10 bits per heavy atom. The lowest BCUT2D eigenvalue weighted by atomic mass is 10.2. The summed E-state index contributed by atoms with van der Waals surface area (Å²) >= 11 is 3.31. The van der Waals surface area contributed by atoms with Crippen molar-refractivity contribution in [1.82, 2.24) is 9.97 Å². The number of carboxylic acid groups (broad SMARTS) is 1. The van der Waals surface area contributed by atoms with Crippen molar-refractivity contribution in [2.45, 2.75) is 6.92 Å². The molecule has 0 fully saturated rings. The van der Waals surface area contributed by atoms with Gasteiger partial charge in [-0.3, -0.25) is 0 Å². The fourth-order valence-electron chi connectivity index (χ4n) is 1.57. The molecule has 20 heavy (non-hydrogen) atoms. The monoisotopic (exact) mass is 337 g/mol. The number of carbonyl (C=O) groups is 1. The number of ether oxygens (including phenoxy) is 1. The molecule has 6 nitrogen and oxygen atoms in total. The molecule has 0 bridgehead atoms. The van der Waals surface area contributed by atoms with Crippen molar-refractivity contribution in [2.75, 3.05) is 12.4 Å². The summed E-state index contributed by atoms with van der Waals surface area (Å²) in [5, 5.41) is 11.9. The van der Waals surface area contributed by atoms with Crippen LogP contribution in [0, 0.1) is 6.92 Å². The maximum atomic E-state index is 10.9. The number of methoxy groups -OCH3 is 1. The van der Waals surface area contributed by atoms with Gasteiger partial charge in [-0.25, -0.2) is 9.78 Å². The zero-order valence-corrected chi connectivity index (χ0v) is 12.4. The van der Waals surface area contributed by atoms with Crippen LogP contribution in [0.4, 0.5) is 11.6 Å². The predicted octanol–water partition coefficient (Wildman–Crippen LogP) is 3.00. The number of halogens is 1. The van der Waals surface area contributed by atoms with Gasteiger partial charge in [-0.05, 0) is 41.1 Å². The molecule has 0 saturated carbocycles. The number of benzene rings is 1. The second-order valence-electron chi connectivity index (χ2n) is 4.00. The number of rotatable bonds is 4. The van der Waals surface area contributed by atoms with E-state index >= 15 is 0 Å². The molecule has 0 radical (unpaired) electrons.